The van der Waals surface area contributed by atoms with Gasteiger partial charge in [0.2, 0.25) is 11.8 Å². The molecule has 5 nitrogen and oxygen atoms in total. The summed E-state index contributed by atoms with van der Waals surface area (Å²) in [5, 5.41) is 17.0. The Kier molecular flexibility index (Phi) is 3.11. The van der Waals surface area contributed by atoms with Crippen molar-refractivity contribution >= 4 is 11.6 Å². The smallest absolute Gasteiger partial charge is 0.221 e. The van der Waals surface area contributed by atoms with E-state index < -0.39 is 5.41 Å². The minimum atomic E-state index is -0.704. The summed E-state index contributed by atoms with van der Waals surface area (Å²) in [6.45, 7) is 1.99. The topological polar surface area (TPSA) is 87.7 Å². The Balaban J connectivity index is 2.36. The van der Waals surface area contributed by atoms with Crippen LogP contribution in [0.4, 0.5) is 0 Å². The fourth-order valence-corrected chi connectivity index (χ4v) is 3.13. The number of nitrogens with one attached hydrogen (secondary N) is 1. The summed E-state index contributed by atoms with van der Waals surface area (Å²) in [7, 11) is 0. The monoisotopic (exact) mass is 300 g/mol. The molecule has 106 valence electrons. The third kappa shape index (κ3) is 1.80. The molecule has 3 N–H and O–H groups in total. The molecule has 0 fully saturated rings. The zero-order valence-corrected chi connectivity index (χ0v) is 12.1. The highest BCUT2D eigenvalue weighted by Gasteiger charge is 2.45. The van der Waals surface area contributed by atoms with Gasteiger partial charge in [0.05, 0.1) is 17.2 Å². The van der Waals surface area contributed by atoms with Crippen LogP contribution in [0, 0.1) is 11.3 Å². The molecule has 6 heteroatoms. The van der Waals surface area contributed by atoms with Crippen molar-refractivity contribution in [2.45, 2.75) is 18.8 Å². The van der Waals surface area contributed by atoms with Crippen molar-refractivity contribution in [2.24, 2.45) is 5.73 Å². The molecule has 0 bridgehead atoms. The highest BCUT2D eigenvalue weighted by atomic mass is 35.5. The number of benzene rings is 1. The summed E-state index contributed by atoms with van der Waals surface area (Å²) in [5.41, 5.74) is 7.30. The van der Waals surface area contributed by atoms with Crippen molar-refractivity contribution in [1.82, 2.24) is 10.2 Å². The summed E-state index contributed by atoms with van der Waals surface area (Å²) >= 11 is 6.13. The number of nitriles is 1. The molecule has 1 aromatic carbocycles. The lowest BCUT2D eigenvalue weighted by Crippen LogP contribution is -2.35. The van der Waals surface area contributed by atoms with Crippen LogP contribution in [0.2, 0.25) is 5.02 Å². The van der Waals surface area contributed by atoms with Crippen molar-refractivity contribution in [2.75, 3.05) is 0 Å². The summed E-state index contributed by atoms with van der Waals surface area (Å²) in [5.74, 6) is 0.560. The van der Waals surface area contributed by atoms with Gasteiger partial charge in [0, 0.05) is 5.02 Å². The fraction of sp³-hybridized carbons (Fsp3) is 0.200. The lowest BCUT2D eigenvalue weighted by Gasteiger charge is -2.36. The van der Waals surface area contributed by atoms with Crippen LogP contribution in [0.3, 0.4) is 0 Å². The van der Waals surface area contributed by atoms with E-state index >= 15 is 0 Å². The fourth-order valence-electron chi connectivity index (χ4n) is 2.94. The highest BCUT2D eigenvalue weighted by molar-refractivity contribution is 6.30. The van der Waals surface area contributed by atoms with Crippen LogP contribution in [-0.2, 0) is 5.41 Å². The van der Waals surface area contributed by atoms with Crippen molar-refractivity contribution in [3.8, 4) is 11.9 Å². The zero-order valence-electron chi connectivity index (χ0n) is 11.4. The molecule has 1 aliphatic heterocycles. The van der Waals surface area contributed by atoms with E-state index in [1.807, 2.05) is 25.1 Å². The largest absolute Gasteiger partial charge is 0.422 e. The van der Waals surface area contributed by atoms with Crippen molar-refractivity contribution in [1.29, 1.82) is 5.26 Å². The molecule has 2 aromatic rings. The Morgan fingerprint density at radius 1 is 1.52 bits per heavy atom. The Morgan fingerprint density at radius 2 is 2.33 bits per heavy atom. The van der Waals surface area contributed by atoms with Crippen LogP contribution in [-0.4, -0.2) is 10.2 Å². The number of ether oxygens (including phenoxy) is 1. The maximum absolute atomic E-state index is 9.59. The van der Waals surface area contributed by atoms with E-state index in [1.165, 1.54) is 0 Å². The molecule has 0 amide bonds. The average molecular weight is 301 g/mol. The molecule has 0 spiro atoms. The summed E-state index contributed by atoms with van der Waals surface area (Å²) < 4.78 is 5.47. The lowest BCUT2D eigenvalue weighted by molar-refractivity contribution is 0.353. The molecule has 3 rings (SSSR count). The van der Waals surface area contributed by atoms with Gasteiger partial charge in [-0.2, -0.15) is 10.4 Å². The number of aromatic nitrogens is 2. The first-order valence-electron chi connectivity index (χ1n) is 6.51. The third-order valence-electron chi connectivity index (χ3n) is 3.91. The normalized spacial score (nSPS) is 20.6. The second-order valence-electron chi connectivity index (χ2n) is 4.84. The lowest BCUT2D eigenvalue weighted by atomic mass is 9.67. The van der Waals surface area contributed by atoms with Crippen molar-refractivity contribution < 1.29 is 4.74 Å². The third-order valence-corrected chi connectivity index (χ3v) is 4.14. The van der Waals surface area contributed by atoms with Crippen LogP contribution < -0.4 is 10.5 Å². The molecule has 1 atom stereocenters. The molecule has 0 saturated heterocycles. The number of aromatic amines is 1. The van der Waals surface area contributed by atoms with Crippen molar-refractivity contribution in [3.05, 3.63) is 58.1 Å². The molecule has 0 aliphatic carbocycles. The highest BCUT2D eigenvalue weighted by Crippen LogP contribution is 2.48. The van der Waals surface area contributed by atoms with Gasteiger partial charge in [0.25, 0.3) is 0 Å². The molecular formula is C15H13ClN4O. The first-order chi connectivity index (χ1) is 10.1. The van der Waals surface area contributed by atoms with E-state index in [-0.39, 0.29) is 5.88 Å². The van der Waals surface area contributed by atoms with Crippen LogP contribution >= 0.6 is 11.6 Å². The van der Waals surface area contributed by atoms with E-state index in [0.717, 1.165) is 11.1 Å². The van der Waals surface area contributed by atoms with Gasteiger partial charge < -0.3 is 10.5 Å². The van der Waals surface area contributed by atoms with E-state index in [2.05, 4.69) is 16.3 Å². The first kappa shape index (κ1) is 13.5. The number of rotatable bonds is 2. The van der Waals surface area contributed by atoms with Gasteiger partial charge in [-0.1, -0.05) is 30.7 Å². The Bertz CT molecular complexity index is 774. The van der Waals surface area contributed by atoms with E-state index in [1.54, 1.807) is 12.3 Å². The maximum Gasteiger partial charge on any atom is 0.221 e. The van der Waals surface area contributed by atoms with E-state index in [0.29, 0.717) is 22.9 Å². The quantitative estimate of drug-likeness (QED) is 0.892. The standard InChI is InChI=1S/C15H13ClN4O/c1-2-15(9-4-3-5-10(16)6-9)11(7-17)13(18)21-14-12(15)8-19-20-14/h3-6,8H,2,18H2,1H3,(H,19,20). The Hall–Kier alpha value is -2.45. The number of fused-ring (bicyclic) bond motifs is 1. The van der Waals surface area contributed by atoms with Gasteiger partial charge >= 0.3 is 0 Å². The minimum Gasteiger partial charge on any atom is -0.422 e. The molecular weight excluding hydrogens is 288 g/mol. The maximum atomic E-state index is 9.59. The molecule has 1 aromatic heterocycles. The number of hydrogen-bond acceptors (Lipinski definition) is 4. The van der Waals surface area contributed by atoms with Crippen LogP contribution in [0.5, 0.6) is 5.88 Å². The predicted molar refractivity (Wildman–Crippen MR) is 78.6 cm³/mol. The summed E-state index contributed by atoms with van der Waals surface area (Å²) in [6.07, 6.45) is 2.30. The number of allylic oxidation sites excluding steroid dienone is 1. The first-order valence-corrected chi connectivity index (χ1v) is 6.89. The molecule has 1 aliphatic rings. The predicted octanol–water partition coefficient (Wildman–Crippen LogP) is 2.85. The average Bonchev–Trinajstić information content (AvgIpc) is 2.94. The SMILES string of the molecule is CCC1(c2cccc(Cl)c2)C(C#N)=C(N)Oc2[nH]ncc21. The van der Waals surface area contributed by atoms with Gasteiger partial charge in [0.15, 0.2) is 0 Å². The molecule has 2 heterocycles. The number of hydrogen-bond donors (Lipinski definition) is 2. The van der Waals surface area contributed by atoms with Gasteiger partial charge in [-0.3, -0.25) is 0 Å². The van der Waals surface area contributed by atoms with Crippen molar-refractivity contribution in [3.63, 3.8) is 0 Å². The van der Waals surface area contributed by atoms with E-state index in [9.17, 15) is 5.26 Å². The molecule has 21 heavy (non-hydrogen) atoms. The number of H-pyrrole nitrogens is 1. The van der Waals surface area contributed by atoms with Gasteiger partial charge in [-0.05, 0) is 24.1 Å². The zero-order chi connectivity index (χ0) is 15.0. The molecule has 0 radical (unpaired) electrons. The van der Waals surface area contributed by atoms with Crippen LogP contribution in [0.25, 0.3) is 0 Å². The van der Waals surface area contributed by atoms with Crippen LogP contribution in [0.15, 0.2) is 41.9 Å². The number of halogens is 1. The van der Waals surface area contributed by atoms with E-state index in [4.69, 9.17) is 22.1 Å². The summed E-state index contributed by atoms with van der Waals surface area (Å²) in [4.78, 5) is 0. The van der Waals surface area contributed by atoms with Crippen LogP contribution in [0.1, 0.15) is 24.5 Å². The summed E-state index contributed by atoms with van der Waals surface area (Å²) in [6, 6.07) is 9.62. The number of nitrogens with two attached hydrogens (primary N) is 1. The van der Waals surface area contributed by atoms with Gasteiger partial charge in [-0.25, -0.2) is 5.10 Å². The second kappa shape index (κ2) is 4.83. The number of nitrogens with zero attached hydrogens (tertiary/aromatic N) is 2. The molecule has 1 unspecified atom stereocenters. The van der Waals surface area contributed by atoms with Gasteiger partial charge in [0.1, 0.15) is 11.6 Å². The molecule has 0 saturated carbocycles. The Morgan fingerprint density at radius 3 is 3.00 bits per heavy atom. The minimum absolute atomic E-state index is 0.0936. The second-order valence-corrected chi connectivity index (χ2v) is 5.27. The Labute approximate surface area is 127 Å². The van der Waals surface area contributed by atoms with Gasteiger partial charge in [-0.15, -0.1) is 0 Å².